The zero-order chi connectivity index (χ0) is 19.0. The molecule has 2 heterocycles. The van der Waals surface area contributed by atoms with Gasteiger partial charge >= 0.3 is 6.09 Å². The van der Waals surface area contributed by atoms with Crippen molar-refractivity contribution in [3.05, 3.63) is 70.5 Å². The minimum atomic E-state index is -3.70. The number of sulfone groups is 1. The van der Waals surface area contributed by atoms with E-state index in [9.17, 15) is 13.2 Å². The number of carbonyl (C=O) groups is 1. The highest BCUT2D eigenvalue weighted by atomic mass is 32.2. The van der Waals surface area contributed by atoms with Crippen LogP contribution < -0.4 is 0 Å². The van der Waals surface area contributed by atoms with Crippen molar-refractivity contribution in [3.8, 4) is 0 Å². The van der Waals surface area contributed by atoms with Crippen LogP contribution >= 0.6 is 11.8 Å². The van der Waals surface area contributed by atoms with Crippen molar-refractivity contribution < 1.29 is 17.9 Å². The maximum absolute atomic E-state index is 13.4. The summed E-state index contributed by atoms with van der Waals surface area (Å²) in [6.07, 6.45) is 0.884. The van der Waals surface area contributed by atoms with Crippen molar-refractivity contribution >= 4 is 27.7 Å². The Kier molecular flexibility index (Phi) is 4.74. The van der Waals surface area contributed by atoms with Crippen molar-refractivity contribution in [3.63, 3.8) is 0 Å². The van der Waals surface area contributed by atoms with E-state index in [1.165, 1.54) is 18.9 Å². The molecule has 0 aromatic heterocycles. The first-order valence-corrected chi connectivity index (χ1v) is 11.0. The third-order valence-electron chi connectivity index (χ3n) is 4.93. The van der Waals surface area contributed by atoms with Gasteiger partial charge in [-0.05, 0) is 37.1 Å². The van der Waals surface area contributed by atoms with Crippen LogP contribution in [0.15, 0.2) is 80.3 Å². The number of benzene rings is 2. The largest absolute Gasteiger partial charge is 0.453 e. The molecule has 2 aliphatic rings. The molecule has 0 aliphatic carbocycles. The van der Waals surface area contributed by atoms with Crippen LogP contribution in [0, 0.1) is 0 Å². The summed E-state index contributed by atoms with van der Waals surface area (Å²) in [5.74, 6) is 0. The summed E-state index contributed by atoms with van der Waals surface area (Å²) in [6.45, 7) is 0. The maximum Gasteiger partial charge on any atom is 0.410 e. The lowest BCUT2D eigenvalue weighted by Gasteiger charge is -2.22. The van der Waals surface area contributed by atoms with E-state index in [1.807, 2.05) is 30.3 Å². The number of methoxy groups -OCH3 is 1. The van der Waals surface area contributed by atoms with E-state index in [4.69, 9.17) is 4.74 Å². The molecular weight excluding hydrogens is 382 g/mol. The van der Waals surface area contributed by atoms with Gasteiger partial charge in [0.15, 0.2) is 0 Å². The second-order valence-electron chi connectivity index (χ2n) is 6.45. The van der Waals surface area contributed by atoms with E-state index in [-0.39, 0.29) is 10.9 Å². The molecule has 1 fully saturated rings. The molecule has 27 heavy (non-hydrogen) atoms. The third kappa shape index (κ3) is 3.04. The first-order valence-electron chi connectivity index (χ1n) is 8.67. The van der Waals surface area contributed by atoms with Gasteiger partial charge in [0.05, 0.1) is 29.0 Å². The van der Waals surface area contributed by atoms with Gasteiger partial charge in [-0.2, -0.15) is 0 Å². The molecule has 0 N–H and O–H groups in total. The molecule has 2 aromatic rings. The molecule has 2 aliphatic heterocycles. The molecule has 2 aromatic carbocycles. The van der Waals surface area contributed by atoms with Crippen LogP contribution in [0.3, 0.4) is 0 Å². The van der Waals surface area contributed by atoms with Gasteiger partial charge in [-0.3, -0.25) is 4.90 Å². The second kappa shape index (κ2) is 7.05. The summed E-state index contributed by atoms with van der Waals surface area (Å²) < 4.78 is 31.8. The van der Waals surface area contributed by atoms with Gasteiger partial charge in [0, 0.05) is 9.80 Å². The van der Waals surface area contributed by atoms with Crippen LogP contribution in [0.25, 0.3) is 0 Å². The average molecular weight is 402 g/mol. The van der Waals surface area contributed by atoms with Gasteiger partial charge in [0.1, 0.15) is 0 Å². The number of rotatable bonds is 4. The number of nitrogens with zero attached hydrogens (tertiary/aromatic N) is 1. The van der Waals surface area contributed by atoms with Crippen LogP contribution in [0.5, 0.6) is 0 Å². The Morgan fingerprint density at radius 1 is 1.00 bits per heavy atom. The van der Waals surface area contributed by atoms with Crippen LogP contribution in [-0.4, -0.2) is 38.6 Å². The fraction of sp³-hybridized carbons (Fsp3) is 0.250. The van der Waals surface area contributed by atoms with Crippen molar-refractivity contribution in [2.24, 2.45) is 0 Å². The molecule has 7 heteroatoms. The SMILES string of the molecule is COC(=O)N1[C@@H]2CC[C@H]1C(Sc1ccccc1)=C2S(=O)(=O)c1ccccc1. The molecule has 0 saturated carbocycles. The molecule has 0 radical (unpaired) electrons. The number of hydrogen-bond donors (Lipinski definition) is 0. The van der Waals surface area contributed by atoms with E-state index in [2.05, 4.69) is 0 Å². The lowest BCUT2D eigenvalue weighted by molar-refractivity contribution is 0.120. The zero-order valence-electron chi connectivity index (χ0n) is 14.7. The summed E-state index contributed by atoms with van der Waals surface area (Å²) in [7, 11) is -2.38. The van der Waals surface area contributed by atoms with Crippen LogP contribution in [0.2, 0.25) is 0 Å². The molecule has 1 amide bonds. The van der Waals surface area contributed by atoms with Crippen LogP contribution in [0.1, 0.15) is 12.8 Å². The molecule has 4 rings (SSSR count). The minimum absolute atomic E-state index is 0.253. The Morgan fingerprint density at radius 2 is 1.59 bits per heavy atom. The third-order valence-corrected chi connectivity index (χ3v) is 8.25. The number of amides is 1. The number of hydrogen-bond acceptors (Lipinski definition) is 5. The monoisotopic (exact) mass is 401 g/mol. The lowest BCUT2D eigenvalue weighted by Crippen LogP contribution is -2.37. The molecule has 2 atom stereocenters. The highest BCUT2D eigenvalue weighted by Gasteiger charge is 2.53. The first kappa shape index (κ1) is 18.1. The van der Waals surface area contributed by atoms with Gasteiger partial charge in [0.2, 0.25) is 9.84 Å². The topological polar surface area (TPSA) is 63.7 Å². The van der Waals surface area contributed by atoms with Crippen molar-refractivity contribution in [2.45, 2.75) is 34.7 Å². The van der Waals surface area contributed by atoms with Gasteiger partial charge in [-0.25, -0.2) is 13.2 Å². The van der Waals surface area contributed by atoms with E-state index in [1.54, 1.807) is 35.2 Å². The lowest BCUT2D eigenvalue weighted by atomic mass is 10.1. The highest BCUT2D eigenvalue weighted by molar-refractivity contribution is 8.04. The number of thioether (sulfide) groups is 1. The Bertz CT molecular complexity index is 987. The number of carbonyl (C=O) groups excluding carboxylic acids is 1. The Labute approximate surface area is 162 Å². The fourth-order valence-corrected chi connectivity index (χ4v) is 7.15. The maximum atomic E-state index is 13.4. The molecule has 0 unspecified atom stereocenters. The smallest absolute Gasteiger partial charge is 0.410 e. The standard InChI is InChI=1S/C20H19NO4S2/c1-25-20(22)21-16-12-13-17(21)19(18(16)26-14-8-4-2-5-9-14)27(23,24)15-10-6-3-7-11-15/h2-11,16-17H,12-13H2,1H3/t16-,17+/m0/s1. The van der Waals surface area contributed by atoms with E-state index >= 15 is 0 Å². The van der Waals surface area contributed by atoms with E-state index in [0.29, 0.717) is 11.3 Å². The predicted octanol–water partition coefficient (Wildman–Crippen LogP) is 4.08. The van der Waals surface area contributed by atoms with Crippen LogP contribution in [0.4, 0.5) is 4.79 Å². The van der Waals surface area contributed by atoms with E-state index < -0.39 is 22.0 Å². The van der Waals surface area contributed by atoms with Gasteiger partial charge in [-0.1, -0.05) is 48.2 Å². The first-order chi connectivity index (χ1) is 13.0. The summed E-state index contributed by atoms with van der Waals surface area (Å²) in [4.78, 5) is 16.2. The summed E-state index contributed by atoms with van der Waals surface area (Å²) >= 11 is 1.43. The van der Waals surface area contributed by atoms with Gasteiger partial charge < -0.3 is 4.74 Å². The van der Waals surface area contributed by atoms with Crippen LogP contribution in [-0.2, 0) is 14.6 Å². The average Bonchev–Trinajstić information content (AvgIpc) is 3.25. The molecule has 140 valence electrons. The normalized spacial score (nSPS) is 21.6. The Balaban J connectivity index is 1.84. The van der Waals surface area contributed by atoms with Gasteiger partial charge in [-0.15, -0.1) is 0 Å². The minimum Gasteiger partial charge on any atom is -0.453 e. The summed E-state index contributed by atoms with van der Waals surface area (Å²) in [5.41, 5.74) is 0. The van der Waals surface area contributed by atoms with Crippen molar-refractivity contribution in [1.82, 2.24) is 4.90 Å². The highest BCUT2D eigenvalue weighted by Crippen LogP contribution is 2.51. The van der Waals surface area contributed by atoms with E-state index in [0.717, 1.165) is 16.2 Å². The number of fused-ring (bicyclic) bond motifs is 2. The van der Waals surface area contributed by atoms with Crippen molar-refractivity contribution in [2.75, 3.05) is 7.11 Å². The second-order valence-corrected chi connectivity index (χ2v) is 9.48. The summed E-state index contributed by atoms with van der Waals surface area (Å²) in [5, 5.41) is 0. The Morgan fingerprint density at radius 3 is 2.22 bits per heavy atom. The van der Waals surface area contributed by atoms with Crippen molar-refractivity contribution in [1.29, 1.82) is 0 Å². The molecular formula is C20H19NO4S2. The quantitative estimate of drug-likeness (QED) is 0.773. The summed E-state index contributed by atoms with van der Waals surface area (Å²) in [6, 6.07) is 17.3. The number of ether oxygens (including phenoxy) is 1. The van der Waals surface area contributed by atoms with Gasteiger partial charge in [0.25, 0.3) is 0 Å². The molecule has 1 saturated heterocycles. The molecule has 0 spiro atoms. The molecule has 2 bridgehead atoms. The Hall–Kier alpha value is -2.25. The zero-order valence-corrected chi connectivity index (χ0v) is 16.4. The predicted molar refractivity (Wildman–Crippen MR) is 104 cm³/mol. The fourth-order valence-electron chi connectivity index (χ4n) is 3.79. The molecule has 5 nitrogen and oxygen atoms in total.